The molecule has 3 rings (SSSR count). The molecule has 2 unspecified atom stereocenters. The number of hydrogen-bond acceptors (Lipinski definition) is 3. The molecule has 1 aromatic rings. The first-order valence-corrected chi connectivity index (χ1v) is 6.93. The molecule has 1 amide bonds. The van der Waals surface area contributed by atoms with E-state index in [9.17, 15) is 4.79 Å². The average Bonchev–Trinajstić information content (AvgIpc) is 3.04. The molecule has 4 nitrogen and oxygen atoms in total. The fraction of sp³-hybridized carbons (Fsp3) is 0.533. The highest BCUT2D eigenvalue weighted by atomic mass is 16.5. The smallest absolute Gasteiger partial charge is 0.237 e. The summed E-state index contributed by atoms with van der Waals surface area (Å²) in [6.45, 7) is 5.62. The lowest BCUT2D eigenvalue weighted by molar-refractivity contribution is -0.123. The molecule has 4 heteroatoms. The van der Waals surface area contributed by atoms with Crippen molar-refractivity contribution in [1.29, 1.82) is 0 Å². The SMILES string of the molecule is Cc1ccc2c(c1C)OCC2NC(=O)C1CCCN1. The minimum atomic E-state index is -0.0319. The Labute approximate surface area is 113 Å². The van der Waals surface area contributed by atoms with E-state index in [1.165, 1.54) is 11.1 Å². The number of benzene rings is 1. The van der Waals surface area contributed by atoms with E-state index in [1.54, 1.807) is 0 Å². The standard InChI is InChI=1S/C15H20N2O2/c1-9-5-6-11-13(8-19-14(11)10(9)2)17-15(18)12-4-3-7-16-12/h5-6,12-13,16H,3-4,7-8H2,1-2H3,(H,17,18). The second-order valence-corrected chi connectivity index (χ2v) is 5.45. The first kappa shape index (κ1) is 12.5. The second kappa shape index (κ2) is 4.85. The maximum absolute atomic E-state index is 12.1. The topological polar surface area (TPSA) is 50.4 Å². The second-order valence-electron chi connectivity index (χ2n) is 5.45. The van der Waals surface area contributed by atoms with E-state index in [0.717, 1.165) is 30.7 Å². The number of fused-ring (bicyclic) bond motifs is 1. The van der Waals surface area contributed by atoms with E-state index >= 15 is 0 Å². The highest BCUT2D eigenvalue weighted by Gasteiger charge is 2.30. The molecular weight excluding hydrogens is 240 g/mol. The number of aryl methyl sites for hydroxylation is 1. The number of carbonyl (C=O) groups excluding carboxylic acids is 1. The lowest BCUT2D eigenvalue weighted by atomic mass is 10.0. The van der Waals surface area contributed by atoms with Crippen LogP contribution >= 0.6 is 0 Å². The van der Waals surface area contributed by atoms with Gasteiger partial charge in [-0.15, -0.1) is 0 Å². The van der Waals surface area contributed by atoms with E-state index in [1.807, 2.05) is 0 Å². The third-order valence-corrected chi connectivity index (χ3v) is 4.17. The molecule has 2 N–H and O–H groups in total. The summed E-state index contributed by atoms with van der Waals surface area (Å²) < 4.78 is 5.75. The van der Waals surface area contributed by atoms with E-state index in [0.29, 0.717) is 6.61 Å². The summed E-state index contributed by atoms with van der Waals surface area (Å²) in [5, 5.41) is 6.32. The van der Waals surface area contributed by atoms with Gasteiger partial charge in [-0.1, -0.05) is 12.1 Å². The van der Waals surface area contributed by atoms with Gasteiger partial charge in [0.05, 0.1) is 12.1 Å². The van der Waals surface area contributed by atoms with Crippen molar-refractivity contribution in [3.05, 3.63) is 28.8 Å². The van der Waals surface area contributed by atoms with Gasteiger partial charge in [-0.3, -0.25) is 4.79 Å². The highest BCUT2D eigenvalue weighted by molar-refractivity contribution is 5.82. The van der Waals surface area contributed by atoms with Crippen molar-refractivity contribution in [1.82, 2.24) is 10.6 Å². The van der Waals surface area contributed by atoms with Crippen LogP contribution in [0.4, 0.5) is 0 Å². The van der Waals surface area contributed by atoms with Crippen LogP contribution in [-0.4, -0.2) is 25.1 Å². The predicted octanol–water partition coefficient (Wildman–Crippen LogP) is 1.61. The fourth-order valence-electron chi connectivity index (χ4n) is 2.83. The number of hydrogen-bond donors (Lipinski definition) is 2. The van der Waals surface area contributed by atoms with Crippen molar-refractivity contribution in [3.63, 3.8) is 0 Å². The molecule has 1 aromatic carbocycles. The van der Waals surface area contributed by atoms with Crippen LogP contribution in [0.25, 0.3) is 0 Å². The van der Waals surface area contributed by atoms with E-state index in [2.05, 4.69) is 36.6 Å². The van der Waals surface area contributed by atoms with Crippen LogP contribution in [0, 0.1) is 13.8 Å². The molecule has 1 fully saturated rings. The van der Waals surface area contributed by atoms with Crippen molar-refractivity contribution in [2.24, 2.45) is 0 Å². The zero-order valence-corrected chi connectivity index (χ0v) is 11.5. The van der Waals surface area contributed by atoms with Crippen LogP contribution in [-0.2, 0) is 4.79 Å². The van der Waals surface area contributed by atoms with Gasteiger partial charge in [-0.2, -0.15) is 0 Å². The first-order chi connectivity index (χ1) is 9.16. The normalized spacial score (nSPS) is 24.9. The molecule has 2 aliphatic heterocycles. The fourth-order valence-corrected chi connectivity index (χ4v) is 2.83. The lowest BCUT2D eigenvalue weighted by Crippen LogP contribution is -2.42. The summed E-state index contributed by atoms with van der Waals surface area (Å²) in [5.41, 5.74) is 3.51. The van der Waals surface area contributed by atoms with Gasteiger partial charge < -0.3 is 15.4 Å². The minimum Gasteiger partial charge on any atom is -0.490 e. The first-order valence-electron chi connectivity index (χ1n) is 6.93. The summed E-state index contributed by atoms with van der Waals surface area (Å²) in [4.78, 5) is 12.1. The molecule has 2 aliphatic rings. The lowest BCUT2D eigenvalue weighted by Gasteiger charge is -2.16. The molecule has 1 saturated heterocycles. The third kappa shape index (κ3) is 2.21. The van der Waals surface area contributed by atoms with Gasteiger partial charge in [0, 0.05) is 5.56 Å². The molecule has 19 heavy (non-hydrogen) atoms. The van der Waals surface area contributed by atoms with Gasteiger partial charge >= 0.3 is 0 Å². The summed E-state index contributed by atoms with van der Waals surface area (Å²) in [6.07, 6.45) is 2.01. The van der Waals surface area contributed by atoms with Crippen LogP contribution in [0.2, 0.25) is 0 Å². The van der Waals surface area contributed by atoms with E-state index in [-0.39, 0.29) is 18.0 Å². The number of carbonyl (C=O) groups is 1. The average molecular weight is 260 g/mol. The molecule has 0 saturated carbocycles. The maximum Gasteiger partial charge on any atom is 0.237 e. The Balaban J connectivity index is 1.75. The number of nitrogens with one attached hydrogen (secondary N) is 2. The third-order valence-electron chi connectivity index (χ3n) is 4.17. The summed E-state index contributed by atoms with van der Waals surface area (Å²) >= 11 is 0. The molecule has 0 aliphatic carbocycles. The van der Waals surface area contributed by atoms with Gasteiger partial charge in [0.25, 0.3) is 0 Å². The molecule has 0 bridgehead atoms. The Bertz CT molecular complexity index is 507. The summed E-state index contributed by atoms with van der Waals surface area (Å²) in [7, 11) is 0. The van der Waals surface area contributed by atoms with Crippen LogP contribution in [0.3, 0.4) is 0 Å². The summed E-state index contributed by atoms with van der Waals surface area (Å²) in [5.74, 6) is 1.04. The number of rotatable bonds is 2. The van der Waals surface area contributed by atoms with Crippen molar-refractivity contribution >= 4 is 5.91 Å². The minimum absolute atomic E-state index is 0.0100. The molecular formula is C15H20N2O2. The van der Waals surface area contributed by atoms with Crippen molar-refractivity contribution in [2.45, 2.75) is 38.8 Å². The van der Waals surface area contributed by atoms with Crippen molar-refractivity contribution < 1.29 is 9.53 Å². The Morgan fingerprint density at radius 3 is 3.00 bits per heavy atom. The zero-order valence-electron chi connectivity index (χ0n) is 11.5. The quantitative estimate of drug-likeness (QED) is 0.849. The Kier molecular flexibility index (Phi) is 3.19. The van der Waals surface area contributed by atoms with Gasteiger partial charge in [-0.25, -0.2) is 0 Å². The van der Waals surface area contributed by atoms with Crippen LogP contribution in [0.15, 0.2) is 12.1 Å². The highest BCUT2D eigenvalue weighted by Crippen LogP contribution is 2.36. The molecule has 0 aromatic heterocycles. The molecule has 2 atom stereocenters. The van der Waals surface area contributed by atoms with Gasteiger partial charge in [0.2, 0.25) is 5.91 Å². The number of amides is 1. The largest absolute Gasteiger partial charge is 0.490 e. The number of ether oxygens (including phenoxy) is 1. The van der Waals surface area contributed by atoms with Crippen molar-refractivity contribution in [2.75, 3.05) is 13.2 Å². The molecule has 0 radical (unpaired) electrons. The molecule has 0 spiro atoms. The molecule has 102 valence electrons. The van der Waals surface area contributed by atoms with E-state index < -0.39 is 0 Å². The molecule has 2 heterocycles. The van der Waals surface area contributed by atoms with Gasteiger partial charge in [0.1, 0.15) is 12.4 Å². The van der Waals surface area contributed by atoms with Crippen LogP contribution in [0.1, 0.15) is 35.6 Å². The van der Waals surface area contributed by atoms with Gasteiger partial charge in [-0.05, 0) is 44.4 Å². The Hall–Kier alpha value is -1.55. The van der Waals surface area contributed by atoms with Gasteiger partial charge in [0.15, 0.2) is 0 Å². The zero-order chi connectivity index (χ0) is 13.4. The van der Waals surface area contributed by atoms with E-state index in [4.69, 9.17) is 4.74 Å². The monoisotopic (exact) mass is 260 g/mol. The van der Waals surface area contributed by atoms with Crippen LogP contribution in [0.5, 0.6) is 5.75 Å². The maximum atomic E-state index is 12.1. The Morgan fingerprint density at radius 1 is 1.42 bits per heavy atom. The van der Waals surface area contributed by atoms with Crippen LogP contribution < -0.4 is 15.4 Å². The predicted molar refractivity (Wildman–Crippen MR) is 73.3 cm³/mol. The Morgan fingerprint density at radius 2 is 2.26 bits per heavy atom. The van der Waals surface area contributed by atoms with Crippen molar-refractivity contribution in [3.8, 4) is 5.75 Å². The summed E-state index contributed by atoms with van der Waals surface area (Å²) in [6, 6.07) is 4.12.